The number of rotatable bonds is 7. The first kappa shape index (κ1) is 23.4. The molecule has 2 unspecified atom stereocenters. The van der Waals surface area contributed by atoms with Crippen molar-refractivity contribution < 1.29 is 9.59 Å². The fourth-order valence-electron chi connectivity index (χ4n) is 3.18. The Bertz CT molecular complexity index is 618. The number of hydrogen-bond acceptors (Lipinski definition) is 4. The van der Waals surface area contributed by atoms with Crippen LogP contribution in [0.4, 0.5) is 5.69 Å². The zero-order valence-electron chi connectivity index (χ0n) is 16.6. The second kappa shape index (κ2) is 11.3. The van der Waals surface area contributed by atoms with Crippen molar-refractivity contribution in [2.45, 2.75) is 39.7 Å². The molecule has 0 aliphatic carbocycles. The topological polar surface area (TPSA) is 78.7 Å². The molecule has 27 heavy (non-hydrogen) atoms. The van der Waals surface area contributed by atoms with E-state index >= 15 is 0 Å². The van der Waals surface area contributed by atoms with E-state index in [-0.39, 0.29) is 30.1 Å². The number of carbonyl (C=O) groups is 2. The van der Waals surface area contributed by atoms with Gasteiger partial charge in [-0.05, 0) is 24.0 Å². The van der Waals surface area contributed by atoms with Crippen LogP contribution in [0.2, 0.25) is 0 Å². The van der Waals surface area contributed by atoms with Crippen LogP contribution in [-0.4, -0.2) is 60.4 Å². The Hall–Kier alpha value is -1.63. The molecule has 6 nitrogen and oxygen atoms in total. The minimum absolute atomic E-state index is 0. The molecule has 1 heterocycles. The third-order valence-electron chi connectivity index (χ3n) is 5.27. The third-order valence-corrected chi connectivity index (χ3v) is 5.27. The number of piperazine rings is 1. The maximum Gasteiger partial charge on any atom is 0.239 e. The minimum Gasteiger partial charge on any atom is -0.339 e. The van der Waals surface area contributed by atoms with E-state index < -0.39 is 6.04 Å². The lowest BCUT2D eigenvalue weighted by Crippen LogP contribution is -2.55. The van der Waals surface area contributed by atoms with Crippen molar-refractivity contribution in [3.63, 3.8) is 0 Å². The van der Waals surface area contributed by atoms with Crippen LogP contribution in [0.3, 0.4) is 0 Å². The molecule has 0 radical (unpaired) electrons. The summed E-state index contributed by atoms with van der Waals surface area (Å²) in [6, 6.07) is 7.44. The number of nitrogens with two attached hydrogens (primary N) is 1. The molecule has 1 saturated heterocycles. The highest BCUT2D eigenvalue weighted by molar-refractivity contribution is 5.93. The summed E-state index contributed by atoms with van der Waals surface area (Å²) in [7, 11) is 0. The normalized spacial score (nSPS) is 17.0. The summed E-state index contributed by atoms with van der Waals surface area (Å²) in [6.45, 7) is 9.12. The van der Waals surface area contributed by atoms with E-state index in [4.69, 9.17) is 5.73 Å². The molecule has 0 bridgehead atoms. The summed E-state index contributed by atoms with van der Waals surface area (Å²) in [5.74, 6) is 0.201. The van der Waals surface area contributed by atoms with Crippen LogP contribution in [0.15, 0.2) is 24.3 Å². The van der Waals surface area contributed by atoms with Gasteiger partial charge in [0.15, 0.2) is 0 Å². The van der Waals surface area contributed by atoms with Crippen LogP contribution in [0.25, 0.3) is 0 Å². The van der Waals surface area contributed by atoms with E-state index in [1.54, 1.807) is 0 Å². The highest BCUT2D eigenvalue weighted by Crippen LogP contribution is 2.16. The van der Waals surface area contributed by atoms with Crippen LogP contribution in [-0.2, 0) is 16.0 Å². The van der Waals surface area contributed by atoms with Crippen LogP contribution in [0.1, 0.15) is 32.8 Å². The number of hydrogen-bond donors (Lipinski definition) is 2. The number of aryl methyl sites for hydroxylation is 1. The van der Waals surface area contributed by atoms with Gasteiger partial charge in [0.05, 0.1) is 12.6 Å². The predicted molar refractivity (Wildman–Crippen MR) is 112 cm³/mol. The van der Waals surface area contributed by atoms with Gasteiger partial charge in [0.2, 0.25) is 11.8 Å². The number of anilines is 1. The average molecular weight is 397 g/mol. The summed E-state index contributed by atoms with van der Waals surface area (Å²) in [6.07, 6.45) is 1.78. The fraction of sp³-hybridized carbons (Fsp3) is 0.600. The van der Waals surface area contributed by atoms with Gasteiger partial charge in [-0.15, -0.1) is 12.4 Å². The maximum atomic E-state index is 12.4. The molecular weight excluding hydrogens is 364 g/mol. The molecule has 7 heteroatoms. The van der Waals surface area contributed by atoms with Crippen molar-refractivity contribution in [2.24, 2.45) is 11.7 Å². The van der Waals surface area contributed by atoms with Crippen molar-refractivity contribution in [3.05, 3.63) is 29.8 Å². The maximum absolute atomic E-state index is 12.4. The average Bonchev–Trinajstić information content (AvgIpc) is 2.67. The Kier molecular flexibility index (Phi) is 9.77. The molecule has 0 aromatic heterocycles. The molecular formula is C20H33ClN4O2. The first-order valence-electron chi connectivity index (χ1n) is 9.60. The molecule has 152 valence electrons. The van der Waals surface area contributed by atoms with Gasteiger partial charge >= 0.3 is 0 Å². The van der Waals surface area contributed by atoms with Crippen molar-refractivity contribution in [1.29, 1.82) is 0 Å². The lowest BCUT2D eigenvalue weighted by molar-refractivity contribution is -0.135. The SMILES string of the molecule is CCc1ccccc1NC(=O)CN1CCN(C(=O)C(N)C(C)CC)CC1.Cl. The molecule has 2 atom stereocenters. The lowest BCUT2D eigenvalue weighted by Gasteiger charge is -2.36. The van der Waals surface area contributed by atoms with Gasteiger partial charge in [0.1, 0.15) is 0 Å². The van der Waals surface area contributed by atoms with Crippen LogP contribution in [0.5, 0.6) is 0 Å². The van der Waals surface area contributed by atoms with Crippen molar-refractivity contribution in [3.8, 4) is 0 Å². The van der Waals surface area contributed by atoms with Gasteiger partial charge in [-0.25, -0.2) is 0 Å². The second-order valence-electron chi connectivity index (χ2n) is 7.07. The Morgan fingerprint density at radius 2 is 1.78 bits per heavy atom. The molecule has 2 amide bonds. The van der Waals surface area contributed by atoms with Gasteiger partial charge in [-0.3, -0.25) is 14.5 Å². The van der Waals surface area contributed by atoms with E-state index in [0.717, 1.165) is 24.1 Å². The third kappa shape index (κ3) is 6.48. The Morgan fingerprint density at radius 1 is 1.15 bits per heavy atom. The first-order valence-corrected chi connectivity index (χ1v) is 9.60. The second-order valence-corrected chi connectivity index (χ2v) is 7.07. The Balaban J connectivity index is 0.00000364. The quantitative estimate of drug-likeness (QED) is 0.740. The summed E-state index contributed by atoms with van der Waals surface area (Å²) in [5, 5.41) is 3.00. The molecule has 2 rings (SSSR count). The van der Waals surface area contributed by atoms with E-state index in [2.05, 4.69) is 17.1 Å². The summed E-state index contributed by atoms with van der Waals surface area (Å²) in [5.41, 5.74) is 8.08. The summed E-state index contributed by atoms with van der Waals surface area (Å²) in [4.78, 5) is 28.7. The number of amides is 2. The fourth-order valence-corrected chi connectivity index (χ4v) is 3.18. The zero-order valence-corrected chi connectivity index (χ0v) is 17.4. The molecule has 1 aliphatic heterocycles. The predicted octanol–water partition coefficient (Wildman–Crippen LogP) is 2.13. The van der Waals surface area contributed by atoms with Crippen molar-refractivity contribution in [2.75, 3.05) is 38.0 Å². The number of halogens is 1. The number of benzene rings is 1. The number of para-hydroxylation sites is 1. The monoisotopic (exact) mass is 396 g/mol. The molecule has 3 N–H and O–H groups in total. The van der Waals surface area contributed by atoms with Gasteiger partial charge in [-0.2, -0.15) is 0 Å². The van der Waals surface area contributed by atoms with E-state index in [1.807, 2.05) is 43.0 Å². The molecule has 1 aliphatic rings. The molecule has 0 saturated carbocycles. The molecule has 1 aromatic carbocycles. The largest absolute Gasteiger partial charge is 0.339 e. The molecule has 0 spiro atoms. The minimum atomic E-state index is -0.430. The first-order chi connectivity index (χ1) is 12.5. The molecule has 1 fully saturated rings. The van der Waals surface area contributed by atoms with Gasteiger partial charge in [-0.1, -0.05) is 45.4 Å². The van der Waals surface area contributed by atoms with E-state index in [9.17, 15) is 9.59 Å². The lowest BCUT2D eigenvalue weighted by atomic mass is 9.98. The number of nitrogens with one attached hydrogen (secondary N) is 1. The Labute approximate surface area is 168 Å². The number of nitrogens with zero attached hydrogens (tertiary/aromatic N) is 2. The van der Waals surface area contributed by atoms with Crippen LogP contribution < -0.4 is 11.1 Å². The van der Waals surface area contributed by atoms with Crippen LogP contribution >= 0.6 is 12.4 Å². The summed E-state index contributed by atoms with van der Waals surface area (Å²) >= 11 is 0. The standard InChI is InChI=1S/C20H32N4O2.ClH/c1-4-15(3)19(21)20(26)24-12-10-23(11-13-24)14-18(25)22-17-9-7-6-8-16(17)5-2;/h6-9,15,19H,4-5,10-14,21H2,1-3H3,(H,22,25);1H. The van der Waals surface area contributed by atoms with Crippen molar-refractivity contribution in [1.82, 2.24) is 9.80 Å². The zero-order chi connectivity index (χ0) is 19.1. The number of carbonyl (C=O) groups excluding carboxylic acids is 2. The smallest absolute Gasteiger partial charge is 0.239 e. The van der Waals surface area contributed by atoms with Crippen LogP contribution in [0, 0.1) is 5.92 Å². The Morgan fingerprint density at radius 3 is 2.37 bits per heavy atom. The van der Waals surface area contributed by atoms with Gasteiger partial charge < -0.3 is 16.0 Å². The van der Waals surface area contributed by atoms with Gasteiger partial charge in [0, 0.05) is 31.9 Å². The van der Waals surface area contributed by atoms with Gasteiger partial charge in [0.25, 0.3) is 0 Å². The summed E-state index contributed by atoms with van der Waals surface area (Å²) < 4.78 is 0. The highest BCUT2D eigenvalue weighted by atomic mass is 35.5. The highest BCUT2D eigenvalue weighted by Gasteiger charge is 2.28. The van der Waals surface area contributed by atoms with Crippen molar-refractivity contribution >= 4 is 29.9 Å². The van der Waals surface area contributed by atoms with E-state index in [0.29, 0.717) is 32.7 Å². The van der Waals surface area contributed by atoms with E-state index in [1.165, 1.54) is 0 Å². The molecule has 1 aromatic rings.